The Morgan fingerprint density at radius 3 is 2.87 bits per heavy atom. The Bertz CT molecular complexity index is 362. The van der Waals surface area contributed by atoms with Crippen molar-refractivity contribution in [3.05, 3.63) is 18.0 Å². The van der Waals surface area contributed by atoms with E-state index in [0.29, 0.717) is 17.9 Å². The molecule has 0 radical (unpaired) electrons. The van der Waals surface area contributed by atoms with E-state index in [1.54, 1.807) is 10.9 Å². The van der Waals surface area contributed by atoms with E-state index >= 15 is 0 Å². The molecule has 0 fully saturated rings. The summed E-state index contributed by atoms with van der Waals surface area (Å²) in [4.78, 5) is 10.5. The van der Waals surface area contributed by atoms with Gasteiger partial charge in [-0.25, -0.2) is 0 Å². The van der Waals surface area contributed by atoms with Gasteiger partial charge in [-0.05, 0) is 12.3 Å². The van der Waals surface area contributed by atoms with E-state index < -0.39 is 0 Å². The first-order chi connectivity index (χ1) is 7.17. The number of aromatic nitrogens is 2. The normalized spacial score (nSPS) is 12.4. The van der Waals surface area contributed by atoms with Gasteiger partial charge in [0.05, 0.1) is 30.3 Å². The van der Waals surface area contributed by atoms with Crippen LogP contribution in [0.15, 0.2) is 12.4 Å². The third-order valence-corrected chi connectivity index (χ3v) is 2.20. The highest BCUT2D eigenvalue weighted by atomic mass is 16.1. The number of nitrogens with zero attached hydrogens (tertiary/aromatic N) is 3. The van der Waals surface area contributed by atoms with E-state index in [0.717, 1.165) is 12.7 Å². The molecule has 15 heavy (non-hydrogen) atoms. The van der Waals surface area contributed by atoms with Crippen LogP contribution in [0.5, 0.6) is 0 Å². The van der Waals surface area contributed by atoms with E-state index in [1.165, 1.54) is 6.20 Å². The Kier molecular flexibility index (Phi) is 4.04. The Morgan fingerprint density at radius 1 is 1.67 bits per heavy atom. The molecule has 4 nitrogen and oxygen atoms in total. The Balaban J connectivity index is 2.79. The lowest BCUT2D eigenvalue weighted by atomic mass is 10.0. The van der Waals surface area contributed by atoms with Crippen molar-refractivity contribution in [2.24, 2.45) is 5.92 Å². The molecule has 0 aliphatic carbocycles. The minimum absolute atomic E-state index is 0.0729. The summed E-state index contributed by atoms with van der Waals surface area (Å²) in [5.74, 6) is 0.507. The number of carbonyl (C=O) groups excluding carboxylic acids is 1. The van der Waals surface area contributed by atoms with Crippen LogP contribution in [-0.4, -0.2) is 16.1 Å². The van der Waals surface area contributed by atoms with Crippen LogP contribution >= 0.6 is 0 Å². The average Bonchev–Trinajstić information content (AvgIpc) is 2.64. The molecule has 1 unspecified atom stereocenters. The number of hydrogen-bond acceptors (Lipinski definition) is 3. The van der Waals surface area contributed by atoms with Crippen molar-refractivity contribution in [3.63, 3.8) is 0 Å². The molecule has 1 aromatic heterocycles. The number of nitriles is 1. The minimum atomic E-state index is 0.0729. The summed E-state index contributed by atoms with van der Waals surface area (Å²) < 4.78 is 1.72. The summed E-state index contributed by atoms with van der Waals surface area (Å²) in [7, 11) is 0. The molecule has 1 heterocycles. The van der Waals surface area contributed by atoms with Crippen molar-refractivity contribution < 1.29 is 4.79 Å². The third-order valence-electron chi connectivity index (χ3n) is 2.20. The quantitative estimate of drug-likeness (QED) is 0.692. The number of rotatable bonds is 5. The smallest absolute Gasteiger partial charge is 0.153 e. The SMILES string of the molecule is CC(C)CC(CC#N)n1cc(C=O)cn1. The molecule has 1 atom stereocenters. The fourth-order valence-electron chi connectivity index (χ4n) is 1.55. The van der Waals surface area contributed by atoms with E-state index in [9.17, 15) is 4.79 Å². The van der Waals surface area contributed by atoms with Gasteiger partial charge in [0.1, 0.15) is 0 Å². The molecule has 0 saturated carbocycles. The molecule has 1 rings (SSSR count). The van der Waals surface area contributed by atoms with Gasteiger partial charge in [0.2, 0.25) is 0 Å². The van der Waals surface area contributed by atoms with Gasteiger partial charge < -0.3 is 0 Å². The molecular formula is C11H15N3O. The fourth-order valence-corrected chi connectivity index (χ4v) is 1.55. The predicted octanol–water partition coefficient (Wildman–Crippen LogP) is 2.20. The van der Waals surface area contributed by atoms with E-state index in [-0.39, 0.29) is 6.04 Å². The zero-order valence-electron chi connectivity index (χ0n) is 9.05. The molecule has 80 valence electrons. The monoisotopic (exact) mass is 205 g/mol. The van der Waals surface area contributed by atoms with Crippen LogP contribution in [0.4, 0.5) is 0 Å². The predicted molar refractivity (Wildman–Crippen MR) is 56.3 cm³/mol. The zero-order chi connectivity index (χ0) is 11.3. The Hall–Kier alpha value is -1.63. The first kappa shape index (κ1) is 11.4. The van der Waals surface area contributed by atoms with Crippen LogP contribution in [0.2, 0.25) is 0 Å². The van der Waals surface area contributed by atoms with E-state index in [1.807, 2.05) is 0 Å². The van der Waals surface area contributed by atoms with Crippen molar-refractivity contribution in [3.8, 4) is 6.07 Å². The second kappa shape index (κ2) is 5.30. The lowest BCUT2D eigenvalue weighted by molar-refractivity contribution is 0.112. The van der Waals surface area contributed by atoms with Gasteiger partial charge in [0, 0.05) is 6.20 Å². The minimum Gasteiger partial charge on any atom is -0.298 e. The van der Waals surface area contributed by atoms with Crippen molar-refractivity contribution in [1.82, 2.24) is 9.78 Å². The second-order valence-electron chi connectivity index (χ2n) is 4.02. The lowest BCUT2D eigenvalue weighted by Gasteiger charge is -2.16. The van der Waals surface area contributed by atoms with Gasteiger partial charge >= 0.3 is 0 Å². The van der Waals surface area contributed by atoms with Crippen LogP contribution in [0.1, 0.15) is 43.1 Å². The molecule has 0 aromatic carbocycles. The molecule has 0 saturated heterocycles. The highest BCUT2D eigenvalue weighted by Gasteiger charge is 2.13. The fraction of sp³-hybridized carbons (Fsp3) is 0.545. The standard InChI is InChI=1S/C11H15N3O/c1-9(2)5-11(3-4-12)14-7-10(8-15)6-13-14/h6-9,11H,3,5H2,1-2H3. The van der Waals surface area contributed by atoms with Crippen molar-refractivity contribution in [2.45, 2.75) is 32.7 Å². The van der Waals surface area contributed by atoms with Gasteiger partial charge in [-0.15, -0.1) is 0 Å². The lowest BCUT2D eigenvalue weighted by Crippen LogP contribution is -2.11. The summed E-state index contributed by atoms with van der Waals surface area (Å²) in [5.41, 5.74) is 0.557. The first-order valence-electron chi connectivity index (χ1n) is 5.03. The van der Waals surface area contributed by atoms with E-state index in [4.69, 9.17) is 5.26 Å². The van der Waals surface area contributed by atoms with Crippen LogP contribution in [0.25, 0.3) is 0 Å². The summed E-state index contributed by atoms with van der Waals surface area (Å²) in [6.45, 7) is 4.21. The number of aldehydes is 1. The molecular weight excluding hydrogens is 190 g/mol. The van der Waals surface area contributed by atoms with E-state index in [2.05, 4.69) is 25.0 Å². The van der Waals surface area contributed by atoms with Gasteiger partial charge in [-0.2, -0.15) is 10.4 Å². The molecule has 0 amide bonds. The molecule has 1 aromatic rings. The zero-order valence-corrected chi connectivity index (χ0v) is 9.05. The van der Waals surface area contributed by atoms with Gasteiger partial charge in [-0.1, -0.05) is 13.8 Å². The van der Waals surface area contributed by atoms with Crippen LogP contribution in [0.3, 0.4) is 0 Å². The third kappa shape index (κ3) is 3.21. The van der Waals surface area contributed by atoms with Crippen LogP contribution < -0.4 is 0 Å². The maximum absolute atomic E-state index is 10.5. The second-order valence-corrected chi connectivity index (χ2v) is 4.02. The summed E-state index contributed by atoms with van der Waals surface area (Å²) in [6, 6.07) is 2.22. The Morgan fingerprint density at radius 2 is 2.40 bits per heavy atom. The highest BCUT2D eigenvalue weighted by Crippen LogP contribution is 2.20. The van der Waals surface area contributed by atoms with Crippen molar-refractivity contribution >= 4 is 6.29 Å². The molecule has 0 aliphatic heterocycles. The summed E-state index contributed by atoms with van der Waals surface area (Å²) in [6.07, 6.45) is 5.31. The molecule has 0 bridgehead atoms. The maximum atomic E-state index is 10.5. The maximum Gasteiger partial charge on any atom is 0.153 e. The van der Waals surface area contributed by atoms with Gasteiger partial charge in [0.25, 0.3) is 0 Å². The summed E-state index contributed by atoms with van der Waals surface area (Å²) >= 11 is 0. The first-order valence-corrected chi connectivity index (χ1v) is 5.03. The van der Waals surface area contributed by atoms with Gasteiger partial charge in [-0.3, -0.25) is 9.48 Å². The van der Waals surface area contributed by atoms with Crippen molar-refractivity contribution in [1.29, 1.82) is 5.26 Å². The van der Waals surface area contributed by atoms with Crippen LogP contribution in [-0.2, 0) is 0 Å². The number of hydrogen-bond donors (Lipinski definition) is 0. The molecule has 0 aliphatic rings. The van der Waals surface area contributed by atoms with Gasteiger partial charge in [0.15, 0.2) is 6.29 Å². The molecule has 4 heteroatoms. The number of carbonyl (C=O) groups is 1. The largest absolute Gasteiger partial charge is 0.298 e. The molecule has 0 spiro atoms. The topological polar surface area (TPSA) is 58.7 Å². The summed E-state index contributed by atoms with van der Waals surface area (Å²) in [5, 5.41) is 12.8. The Labute approximate surface area is 89.5 Å². The van der Waals surface area contributed by atoms with Crippen LogP contribution in [0, 0.1) is 17.2 Å². The van der Waals surface area contributed by atoms with Crippen molar-refractivity contribution in [2.75, 3.05) is 0 Å². The highest BCUT2D eigenvalue weighted by molar-refractivity contribution is 5.73. The average molecular weight is 205 g/mol. The molecule has 0 N–H and O–H groups in total.